The molecule has 2 heterocycles. The number of fused-ring (bicyclic) bond motifs is 1. The van der Waals surface area contributed by atoms with E-state index in [9.17, 15) is 19.4 Å². The van der Waals surface area contributed by atoms with Crippen molar-refractivity contribution < 1.29 is 77.1 Å². The SMILES string of the molecule is CC1OC(n2ccc3cc(N(C)C)c(F)cc3c2=O)C(O)C1O.O=P(O)(O)O.O=P(O)(O)O.O=P(O)(O)O. The second-order valence-corrected chi connectivity index (χ2v) is 10.6. The zero-order chi connectivity index (χ0) is 30.4. The van der Waals surface area contributed by atoms with E-state index >= 15 is 0 Å². The lowest BCUT2D eigenvalue weighted by atomic mass is 10.1. The van der Waals surface area contributed by atoms with Crippen molar-refractivity contribution in [1.29, 1.82) is 0 Å². The van der Waals surface area contributed by atoms with Gasteiger partial charge in [-0.15, -0.1) is 0 Å². The van der Waals surface area contributed by atoms with E-state index in [1.807, 2.05) is 0 Å². The number of ether oxygens (including phenoxy) is 1. The van der Waals surface area contributed by atoms with Crippen molar-refractivity contribution >= 4 is 39.9 Å². The molecule has 1 saturated heterocycles. The number of aliphatic hydroxyl groups is 2. The molecule has 1 fully saturated rings. The third-order valence-electron chi connectivity index (χ3n) is 4.23. The van der Waals surface area contributed by atoms with E-state index in [1.54, 1.807) is 38.1 Å². The Morgan fingerprint density at radius 1 is 0.868 bits per heavy atom. The molecule has 1 aromatic carbocycles. The van der Waals surface area contributed by atoms with Crippen molar-refractivity contribution in [2.24, 2.45) is 0 Å². The lowest BCUT2D eigenvalue weighted by molar-refractivity contribution is -0.0339. The van der Waals surface area contributed by atoms with Crippen molar-refractivity contribution in [3.63, 3.8) is 0 Å². The monoisotopic (exact) mass is 616 g/mol. The average Bonchev–Trinajstić information content (AvgIpc) is 2.91. The maximum atomic E-state index is 14.1. The van der Waals surface area contributed by atoms with Gasteiger partial charge in [-0.3, -0.25) is 9.36 Å². The molecule has 0 bridgehead atoms. The number of aromatic nitrogens is 1. The van der Waals surface area contributed by atoms with Gasteiger partial charge in [-0.25, -0.2) is 18.1 Å². The standard InChI is InChI=1S/C16H19FN2O4.3H3O4P/c1-8-13(20)14(21)16(23-8)19-5-4-9-6-12(18(2)3)11(17)7-10(9)15(19)22;3*1-5(2,3)4/h4-8,13-14,16,20-21H,1-3H3;3*(H3,1,2,3,4). The van der Waals surface area contributed by atoms with E-state index in [2.05, 4.69) is 0 Å². The summed E-state index contributed by atoms with van der Waals surface area (Å²) in [5.74, 6) is -0.501. The number of aliphatic hydroxyl groups excluding tert-OH is 2. The zero-order valence-corrected chi connectivity index (χ0v) is 22.4. The first-order valence-corrected chi connectivity index (χ1v) is 14.4. The predicted octanol–water partition coefficient (Wildman–Crippen LogP) is -1.94. The van der Waals surface area contributed by atoms with Crippen LogP contribution in [0.2, 0.25) is 0 Å². The number of phosphoric acid groups is 3. The average molecular weight is 616 g/mol. The van der Waals surface area contributed by atoms with E-state index in [0.29, 0.717) is 11.1 Å². The van der Waals surface area contributed by atoms with Crippen LogP contribution in [-0.4, -0.2) is 91.2 Å². The van der Waals surface area contributed by atoms with Crippen LogP contribution in [0.5, 0.6) is 0 Å². The van der Waals surface area contributed by atoms with E-state index in [0.717, 1.165) is 0 Å². The predicted molar refractivity (Wildman–Crippen MR) is 127 cm³/mol. The van der Waals surface area contributed by atoms with Gasteiger partial charge in [-0.1, -0.05) is 0 Å². The third kappa shape index (κ3) is 14.5. The van der Waals surface area contributed by atoms with Crippen molar-refractivity contribution in [2.75, 3.05) is 19.0 Å². The normalized spacial score (nSPS) is 21.3. The second-order valence-electron chi connectivity index (χ2n) is 7.57. The van der Waals surface area contributed by atoms with Gasteiger partial charge >= 0.3 is 23.5 Å². The lowest BCUT2D eigenvalue weighted by Gasteiger charge is -2.19. The van der Waals surface area contributed by atoms with E-state index in [-0.39, 0.29) is 5.39 Å². The summed E-state index contributed by atoms with van der Waals surface area (Å²) in [6, 6.07) is 4.44. The molecule has 3 rings (SSSR count). The minimum Gasteiger partial charge on any atom is -0.388 e. The highest BCUT2D eigenvalue weighted by Gasteiger charge is 2.41. The lowest BCUT2D eigenvalue weighted by Crippen LogP contribution is -2.34. The summed E-state index contributed by atoms with van der Waals surface area (Å²) >= 11 is 0. The van der Waals surface area contributed by atoms with Gasteiger partial charge in [-0.05, 0) is 30.5 Å². The summed E-state index contributed by atoms with van der Waals surface area (Å²) in [5.41, 5.74) is -0.0899. The van der Waals surface area contributed by atoms with Crippen LogP contribution in [0.15, 0.2) is 29.2 Å². The Labute approximate surface area is 213 Å². The van der Waals surface area contributed by atoms with Gasteiger partial charge in [0.15, 0.2) is 6.23 Å². The molecule has 220 valence electrons. The second kappa shape index (κ2) is 14.1. The van der Waals surface area contributed by atoms with Gasteiger partial charge in [0, 0.05) is 20.3 Å². The molecule has 0 aliphatic carbocycles. The topological polar surface area (TPSA) is 308 Å². The Hall–Kier alpha value is -1.63. The van der Waals surface area contributed by atoms with Crippen LogP contribution < -0.4 is 10.5 Å². The fraction of sp³-hybridized carbons (Fsp3) is 0.438. The maximum absolute atomic E-state index is 14.1. The largest absolute Gasteiger partial charge is 0.466 e. The molecule has 1 aliphatic heterocycles. The Bertz CT molecular complexity index is 1200. The highest BCUT2D eigenvalue weighted by Crippen LogP contribution is 2.30. The summed E-state index contributed by atoms with van der Waals surface area (Å²) < 4.78 is 47.4. The van der Waals surface area contributed by atoms with E-state index in [4.69, 9.17) is 62.5 Å². The highest BCUT2D eigenvalue weighted by atomic mass is 31.2. The van der Waals surface area contributed by atoms with Crippen LogP contribution >= 0.6 is 23.5 Å². The molecule has 0 saturated carbocycles. The zero-order valence-electron chi connectivity index (χ0n) is 19.7. The van der Waals surface area contributed by atoms with Gasteiger partial charge in [0.1, 0.15) is 18.0 Å². The third-order valence-corrected chi connectivity index (χ3v) is 4.23. The minimum atomic E-state index is -4.64. The molecule has 0 radical (unpaired) electrons. The van der Waals surface area contributed by atoms with E-state index in [1.165, 1.54) is 16.8 Å². The molecule has 0 spiro atoms. The smallest absolute Gasteiger partial charge is 0.388 e. The Balaban J connectivity index is 0.000000751. The number of pyridine rings is 1. The Morgan fingerprint density at radius 3 is 1.63 bits per heavy atom. The molecule has 38 heavy (non-hydrogen) atoms. The fourth-order valence-electron chi connectivity index (χ4n) is 2.87. The van der Waals surface area contributed by atoms with E-state index < -0.39 is 59.4 Å². The number of hydrogen-bond donors (Lipinski definition) is 11. The van der Waals surface area contributed by atoms with Gasteiger partial charge in [0.25, 0.3) is 5.56 Å². The molecule has 1 aliphatic rings. The quantitative estimate of drug-likeness (QED) is 0.163. The van der Waals surface area contributed by atoms with Gasteiger partial charge in [-0.2, -0.15) is 0 Å². The van der Waals surface area contributed by atoms with Gasteiger partial charge in [0.2, 0.25) is 0 Å². The first-order chi connectivity index (χ1) is 16.8. The molecule has 1 aromatic heterocycles. The highest BCUT2D eigenvalue weighted by molar-refractivity contribution is 7.45. The van der Waals surface area contributed by atoms with Gasteiger partial charge < -0.3 is 63.9 Å². The molecule has 11 N–H and O–H groups in total. The molecule has 4 unspecified atom stereocenters. The molecule has 0 amide bonds. The van der Waals surface area contributed by atoms with Gasteiger partial charge in [0.05, 0.1) is 17.2 Å². The molecule has 18 nitrogen and oxygen atoms in total. The molecule has 22 heteroatoms. The van der Waals surface area contributed by atoms with Crippen LogP contribution in [0.3, 0.4) is 0 Å². The number of halogens is 1. The summed E-state index contributed by atoms with van der Waals surface area (Å²) in [4.78, 5) is 78.9. The van der Waals surface area contributed by atoms with Crippen molar-refractivity contribution in [3.8, 4) is 0 Å². The number of benzene rings is 1. The Kier molecular flexibility index (Phi) is 13.5. The summed E-state index contributed by atoms with van der Waals surface area (Å²) in [5, 5.41) is 20.6. The molecular weight excluding hydrogens is 588 g/mol. The maximum Gasteiger partial charge on any atom is 0.466 e. The summed E-state index contributed by atoms with van der Waals surface area (Å²) in [7, 11) is -10.5. The molecular formula is C16H28FN2O16P3. The van der Waals surface area contributed by atoms with Crippen LogP contribution in [0.4, 0.5) is 10.1 Å². The first kappa shape index (κ1) is 36.4. The van der Waals surface area contributed by atoms with Crippen molar-refractivity contribution in [1.82, 2.24) is 4.57 Å². The van der Waals surface area contributed by atoms with Crippen molar-refractivity contribution in [3.05, 3.63) is 40.6 Å². The van der Waals surface area contributed by atoms with Crippen molar-refractivity contribution in [2.45, 2.75) is 31.5 Å². The number of rotatable bonds is 2. The van der Waals surface area contributed by atoms with Crippen LogP contribution in [0, 0.1) is 5.82 Å². The molecule has 4 atom stereocenters. The fourth-order valence-corrected chi connectivity index (χ4v) is 2.87. The minimum absolute atomic E-state index is 0.195. The number of nitrogens with zero attached hydrogens (tertiary/aromatic N) is 2. The first-order valence-electron chi connectivity index (χ1n) is 9.69. The van der Waals surface area contributed by atoms with Crippen LogP contribution in [0.25, 0.3) is 10.8 Å². The van der Waals surface area contributed by atoms with Crippen LogP contribution in [-0.2, 0) is 18.4 Å². The summed E-state index contributed by atoms with van der Waals surface area (Å²) in [6.07, 6.45) is -2.39. The Morgan fingerprint density at radius 2 is 1.29 bits per heavy atom. The number of hydrogen-bond acceptors (Lipinski definition) is 8. The summed E-state index contributed by atoms with van der Waals surface area (Å²) in [6.45, 7) is 1.61. The number of anilines is 1. The van der Waals surface area contributed by atoms with Crippen LogP contribution in [0.1, 0.15) is 13.2 Å². The molecule has 2 aromatic rings.